The van der Waals surface area contributed by atoms with Gasteiger partial charge in [-0.3, -0.25) is 4.79 Å². The summed E-state index contributed by atoms with van der Waals surface area (Å²) in [7, 11) is 0. The summed E-state index contributed by atoms with van der Waals surface area (Å²) >= 11 is 0. The number of nitrogens with zero attached hydrogens (tertiary/aromatic N) is 1. The first-order chi connectivity index (χ1) is 7.33. The standard InChI is InChI=1S/C13H13NO/c1-2-12(11-7-4-3-5-8-11)14-10-6-9-13(14)15/h3-5,7-8H,1,6,9-10H2. The molecule has 0 atom stereocenters. The molecule has 0 aromatic heterocycles. The van der Waals surface area contributed by atoms with Gasteiger partial charge in [0.25, 0.3) is 0 Å². The van der Waals surface area contributed by atoms with Crippen molar-refractivity contribution in [3.8, 4) is 0 Å². The van der Waals surface area contributed by atoms with Crippen molar-refractivity contribution in [3.63, 3.8) is 0 Å². The molecule has 0 aliphatic carbocycles. The molecule has 1 saturated heterocycles. The average Bonchev–Trinajstić information content (AvgIpc) is 2.68. The fraction of sp³-hybridized carbons (Fsp3) is 0.231. The van der Waals surface area contributed by atoms with Gasteiger partial charge in [0.2, 0.25) is 5.91 Å². The Morgan fingerprint density at radius 2 is 2.07 bits per heavy atom. The molecule has 2 rings (SSSR count). The van der Waals surface area contributed by atoms with E-state index in [1.807, 2.05) is 30.3 Å². The van der Waals surface area contributed by atoms with Gasteiger partial charge in [-0.15, -0.1) is 5.73 Å². The van der Waals surface area contributed by atoms with Gasteiger partial charge < -0.3 is 4.90 Å². The van der Waals surface area contributed by atoms with Crippen molar-refractivity contribution in [3.05, 3.63) is 48.2 Å². The highest BCUT2D eigenvalue weighted by molar-refractivity contribution is 5.88. The number of benzene rings is 1. The molecule has 1 amide bonds. The molecule has 0 spiro atoms. The maximum absolute atomic E-state index is 11.6. The van der Waals surface area contributed by atoms with Crippen molar-refractivity contribution < 1.29 is 4.79 Å². The molecule has 0 saturated carbocycles. The van der Waals surface area contributed by atoms with E-state index in [0.717, 1.165) is 24.2 Å². The maximum Gasteiger partial charge on any atom is 0.227 e. The third-order valence-corrected chi connectivity index (χ3v) is 2.56. The Labute approximate surface area is 89.5 Å². The zero-order chi connectivity index (χ0) is 10.7. The van der Waals surface area contributed by atoms with Crippen LogP contribution >= 0.6 is 0 Å². The van der Waals surface area contributed by atoms with E-state index < -0.39 is 0 Å². The Balaban J connectivity index is 2.34. The Morgan fingerprint density at radius 3 is 2.60 bits per heavy atom. The van der Waals surface area contributed by atoms with Crippen LogP contribution in [0.3, 0.4) is 0 Å². The van der Waals surface area contributed by atoms with E-state index in [2.05, 4.69) is 12.3 Å². The highest BCUT2D eigenvalue weighted by Gasteiger charge is 2.23. The summed E-state index contributed by atoms with van der Waals surface area (Å²) in [4.78, 5) is 13.4. The van der Waals surface area contributed by atoms with Crippen LogP contribution < -0.4 is 0 Å². The van der Waals surface area contributed by atoms with E-state index >= 15 is 0 Å². The third-order valence-electron chi connectivity index (χ3n) is 2.56. The molecule has 1 aliphatic rings. The first-order valence-corrected chi connectivity index (χ1v) is 5.09. The highest BCUT2D eigenvalue weighted by atomic mass is 16.2. The van der Waals surface area contributed by atoms with Crippen LogP contribution in [0.2, 0.25) is 0 Å². The van der Waals surface area contributed by atoms with Gasteiger partial charge in [-0.2, -0.15) is 0 Å². The minimum atomic E-state index is 0.171. The Hall–Kier alpha value is -1.79. The summed E-state index contributed by atoms with van der Waals surface area (Å²) in [5.41, 5.74) is 4.67. The monoisotopic (exact) mass is 199 g/mol. The van der Waals surface area contributed by atoms with Crippen molar-refractivity contribution in [1.29, 1.82) is 0 Å². The molecule has 1 aromatic carbocycles. The molecule has 0 N–H and O–H groups in total. The predicted octanol–water partition coefficient (Wildman–Crippen LogP) is 2.43. The summed E-state index contributed by atoms with van der Waals surface area (Å²) in [5, 5.41) is 0. The number of likely N-dealkylation sites (tertiary alicyclic amines) is 1. The van der Waals surface area contributed by atoms with Crippen molar-refractivity contribution in [2.75, 3.05) is 6.54 Å². The third kappa shape index (κ3) is 1.85. The summed E-state index contributed by atoms with van der Waals surface area (Å²) < 4.78 is 0. The van der Waals surface area contributed by atoms with E-state index in [-0.39, 0.29) is 5.91 Å². The maximum atomic E-state index is 11.6. The van der Waals surface area contributed by atoms with Crippen molar-refractivity contribution in [1.82, 2.24) is 4.90 Å². The SMILES string of the molecule is C=C=C(c1ccccc1)N1CCCC1=O. The molecule has 1 heterocycles. The Kier molecular flexibility index (Phi) is 2.70. The molecule has 0 bridgehead atoms. The topological polar surface area (TPSA) is 20.3 Å². The van der Waals surface area contributed by atoms with Crippen LogP contribution in [0, 0.1) is 0 Å². The largest absolute Gasteiger partial charge is 0.305 e. The number of carbonyl (C=O) groups excluding carboxylic acids is 1. The molecule has 0 unspecified atom stereocenters. The zero-order valence-corrected chi connectivity index (χ0v) is 8.57. The van der Waals surface area contributed by atoms with Crippen LogP contribution in [0.1, 0.15) is 18.4 Å². The summed E-state index contributed by atoms with van der Waals surface area (Å²) in [6.07, 6.45) is 1.56. The molecular formula is C13H13NO. The highest BCUT2D eigenvalue weighted by Crippen LogP contribution is 2.23. The lowest BCUT2D eigenvalue weighted by Gasteiger charge is -2.17. The molecule has 1 fully saturated rings. The molecule has 2 heteroatoms. The second-order valence-electron chi connectivity index (χ2n) is 3.54. The predicted molar refractivity (Wildman–Crippen MR) is 59.9 cm³/mol. The normalized spacial score (nSPS) is 15.2. The Morgan fingerprint density at radius 1 is 1.33 bits per heavy atom. The number of amides is 1. The van der Waals surface area contributed by atoms with Gasteiger partial charge in [-0.1, -0.05) is 36.9 Å². The molecule has 1 aliphatic heterocycles. The first-order valence-electron chi connectivity index (χ1n) is 5.09. The van der Waals surface area contributed by atoms with Gasteiger partial charge >= 0.3 is 0 Å². The lowest BCUT2D eigenvalue weighted by molar-refractivity contribution is -0.124. The second-order valence-corrected chi connectivity index (χ2v) is 3.54. The fourth-order valence-corrected chi connectivity index (χ4v) is 1.83. The Bertz CT molecular complexity index is 415. The molecule has 2 nitrogen and oxygen atoms in total. The number of rotatable bonds is 2. The van der Waals surface area contributed by atoms with Crippen LogP contribution in [0.5, 0.6) is 0 Å². The van der Waals surface area contributed by atoms with Gasteiger partial charge in [0.1, 0.15) is 0 Å². The quantitative estimate of drug-likeness (QED) is 0.670. The van der Waals surface area contributed by atoms with Gasteiger partial charge in [0, 0.05) is 18.5 Å². The van der Waals surface area contributed by atoms with E-state index in [9.17, 15) is 4.79 Å². The van der Waals surface area contributed by atoms with Gasteiger partial charge in [0.15, 0.2) is 0 Å². The van der Waals surface area contributed by atoms with Crippen LogP contribution in [-0.4, -0.2) is 17.4 Å². The summed E-state index contributed by atoms with van der Waals surface area (Å²) in [6.45, 7) is 4.44. The zero-order valence-electron chi connectivity index (χ0n) is 8.57. The van der Waals surface area contributed by atoms with E-state index in [0.29, 0.717) is 6.42 Å². The number of hydrogen-bond acceptors (Lipinski definition) is 1. The van der Waals surface area contributed by atoms with E-state index in [4.69, 9.17) is 0 Å². The fourth-order valence-electron chi connectivity index (χ4n) is 1.83. The minimum absolute atomic E-state index is 0.171. The lowest BCUT2D eigenvalue weighted by Crippen LogP contribution is -2.22. The molecule has 76 valence electrons. The molecule has 1 aromatic rings. The lowest BCUT2D eigenvalue weighted by atomic mass is 10.1. The first kappa shape index (κ1) is 9.75. The number of carbonyl (C=O) groups is 1. The summed E-state index contributed by atoms with van der Waals surface area (Å²) in [6, 6.07) is 9.80. The molecular weight excluding hydrogens is 186 g/mol. The van der Waals surface area contributed by atoms with Crippen LogP contribution in [0.15, 0.2) is 42.6 Å². The molecule has 15 heavy (non-hydrogen) atoms. The van der Waals surface area contributed by atoms with E-state index in [1.165, 1.54) is 0 Å². The second kappa shape index (κ2) is 4.16. The van der Waals surface area contributed by atoms with Crippen LogP contribution in [-0.2, 0) is 4.79 Å². The van der Waals surface area contributed by atoms with Crippen molar-refractivity contribution in [2.45, 2.75) is 12.8 Å². The summed E-state index contributed by atoms with van der Waals surface area (Å²) in [5.74, 6) is 0.171. The van der Waals surface area contributed by atoms with Crippen LogP contribution in [0.25, 0.3) is 5.70 Å². The van der Waals surface area contributed by atoms with Crippen LogP contribution in [0.4, 0.5) is 0 Å². The minimum Gasteiger partial charge on any atom is -0.305 e. The van der Waals surface area contributed by atoms with Gasteiger partial charge in [-0.25, -0.2) is 0 Å². The average molecular weight is 199 g/mol. The van der Waals surface area contributed by atoms with Gasteiger partial charge in [-0.05, 0) is 6.42 Å². The number of hydrogen-bond donors (Lipinski definition) is 0. The van der Waals surface area contributed by atoms with Gasteiger partial charge in [0.05, 0.1) is 5.70 Å². The van der Waals surface area contributed by atoms with Crippen molar-refractivity contribution in [2.24, 2.45) is 0 Å². The van der Waals surface area contributed by atoms with E-state index in [1.54, 1.807) is 4.90 Å². The van der Waals surface area contributed by atoms with Crippen molar-refractivity contribution >= 4 is 11.6 Å². The molecule has 0 radical (unpaired) electrons. The smallest absolute Gasteiger partial charge is 0.227 e.